The van der Waals surface area contributed by atoms with Gasteiger partial charge in [-0.2, -0.15) is 18.3 Å². The van der Waals surface area contributed by atoms with E-state index in [0.717, 1.165) is 18.9 Å². The number of nitrogens with one attached hydrogen (secondary N) is 2. The van der Waals surface area contributed by atoms with Crippen LogP contribution in [-0.4, -0.2) is 68.0 Å². The zero-order valence-electron chi connectivity index (χ0n) is 24.9. The smallest absolute Gasteiger partial charge is 0.414 e. The molecule has 0 spiro atoms. The summed E-state index contributed by atoms with van der Waals surface area (Å²) in [6, 6.07) is 5.93. The zero-order valence-corrected chi connectivity index (χ0v) is 25.7. The summed E-state index contributed by atoms with van der Waals surface area (Å²) in [7, 11) is 1.01. The van der Waals surface area contributed by atoms with Crippen molar-refractivity contribution >= 4 is 29.3 Å². The summed E-state index contributed by atoms with van der Waals surface area (Å²) >= 11 is 6.15. The lowest BCUT2D eigenvalue weighted by atomic mass is 10.0. The van der Waals surface area contributed by atoms with Crippen molar-refractivity contribution in [3.05, 3.63) is 92.3 Å². The molecule has 1 aromatic carbocycles. The third-order valence-electron chi connectivity index (χ3n) is 7.19. The lowest BCUT2D eigenvalue weighted by molar-refractivity contribution is -0.181. The van der Waals surface area contributed by atoms with E-state index in [-0.39, 0.29) is 29.3 Å². The van der Waals surface area contributed by atoms with E-state index in [2.05, 4.69) is 20.5 Å². The second-order valence-corrected chi connectivity index (χ2v) is 10.9. The van der Waals surface area contributed by atoms with Gasteiger partial charge >= 0.3 is 11.7 Å². The number of aromatic amines is 1. The topological polar surface area (TPSA) is 138 Å². The summed E-state index contributed by atoms with van der Waals surface area (Å²) in [5, 5.41) is 8.90. The number of H-pyrrole nitrogens is 1. The van der Waals surface area contributed by atoms with E-state index in [1.165, 1.54) is 31.2 Å². The van der Waals surface area contributed by atoms with Crippen LogP contribution in [0.4, 0.5) is 13.2 Å². The number of hydrogen-bond acceptors (Lipinski definition) is 7. The lowest BCUT2D eigenvalue weighted by Gasteiger charge is -2.37. The minimum atomic E-state index is -4.91. The summed E-state index contributed by atoms with van der Waals surface area (Å²) in [4.78, 5) is 56.8. The second kappa shape index (κ2) is 13.1. The average Bonchev–Trinajstić information content (AvgIpc) is 3.38. The summed E-state index contributed by atoms with van der Waals surface area (Å²) < 4.78 is 48.8. The molecule has 1 aliphatic rings. The molecule has 0 saturated carbocycles. The molecule has 15 heteroatoms. The lowest BCUT2D eigenvalue weighted by Crippen LogP contribution is -2.54. The number of aromatic nitrogens is 3. The van der Waals surface area contributed by atoms with E-state index >= 15 is 0 Å². The van der Waals surface area contributed by atoms with E-state index in [9.17, 15) is 32.3 Å². The molecule has 3 heterocycles. The van der Waals surface area contributed by atoms with Crippen molar-refractivity contribution in [3.63, 3.8) is 0 Å². The average molecular weight is 647 g/mol. The first-order valence-electron chi connectivity index (χ1n) is 13.7. The van der Waals surface area contributed by atoms with Crippen LogP contribution >= 0.6 is 11.6 Å². The predicted molar refractivity (Wildman–Crippen MR) is 158 cm³/mol. The van der Waals surface area contributed by atoms with Gasteiger partial charge in [0.05, 0.1) is 17.4 Å². The van der Waals surface area contributed by atoms with E-state index in [1.54, 1.807) is 38.1 Å². The fourth-order valence-corrected chi connectivity index (χ4v) is 5.10. The number of pyridine rings is 1. The molecule has 3 atom stereocenters. The Hall–Kier alpha value is -4.72. The van der Waals surface area contributed by atoms with E-state index in [4.69, 9.17) is 16.3 Å². The molecular formula is C30H30ClF3N6O5. The molecule has 0 radical (unpaired) electrons. The zero-order chi connectivity index (χ0) is 33.2. The number of halogens is 4. The van der Waals surface area contributed by atoms with Crippen LogP contribution in [0.15, 0.2) is 59.0 Å². The van der Waals surface area contributed by atoms with Crippen molar-refractivity contribution in [2.45, 2.75) is 58.4 Å². The number of carbonyl (C=O) groups is 3. The van der Waals surface area contributed by atoms with Gasteiger partial charge in [-0.3, -0.25) is 19.2 Å². The highest BCUT2D eigenvalue weighted by atomic mass is 35.5. The van der Waals surface area contributed by atoms with Gasteiger partial charge in [-0.05, 0) is 57.0 Å². The summed E-state index contributed by atoms with van der Waals surface area (Å²) in [6.45, 7) is 5.54. The maximum absolute atomic E-state index is 14.4. The first kappa shape index (κ1) is 33.2. The fraction of sp³-hybridized carbons (Fsp3) is 0.333. The number of benzene rings is 1. The van der Waals surface area contributed by atoms with Gasteiger partial charge in [-0.15, -0.1) is 0 Å². The molecule has 0 saturated heterocycles. The van der Waals surface area contributed by atoms with Crippen LogP contribution in [0, 0.1) is 13.8 Å². The Kier molecular flexibility index (Phi) is 9.66. The molecule has 4 rings (SSSR count). The van der Waals surface area contributed by atoms with Crippen LogP contribution in [0.3, 0.4) is 0 Å². The van der Waals surface area contributed by atoms with Gasteiger partial charge < -0.3 is 19.9 Å². The number of carbonyl (C=O) groups excluding carboxylic acids is 3. The number of alkyl halides is 3. The molecule has 1 unspecified atom stereocenters. The molecular weight excluding hydrogens is 617 g/mol. The van der Waals surface area contributed by atoms with Crippen molar-refractivity contribution in [3.8, 4) is 11.5 Å². The highest BCUT2D eigenvalue weighted by Crippen LogP contribution is 2.42. The maximum Gasteiger partial charge on any atom is 0.414 e. The first-order valence-corrected chi connectivity index (χ1v) is 14.1. The molecule has 1 aliphatic heterocycles. The molecule has 2 N–H and O–H groups in total. The van der Waals surface area contributed by atoms with Crippen LogP contribution in [-0.2, 0) is 9.59 Å². The Bertz CT molecular complexity index is 1730. The summed E-state index contributed by atoms with van der Waals surface area (Å²) in [5.74, 6) is -2.31. The van der Waals surface area contributed by atoms with Crippen molar-refractivity contribution in [1.29, 1.82) is 0 Å². The number of rotatable bonds is 8. The predicted octanol–water partition coefficient (Wildman–Crippen LogP) is 4.61. The molecule has 11 nitrogen and oxygen atoms in total. The minimum absolute atomic E-state index is 0.0163. The Morgan fingerprint density at radius 1 is 1.16 bits per heavy atom. The van der Waals surface area contributed by atoms with Gasteiger partial charge in [0.2, 0.25) is 11.8 Å². The second-order valence-electron chi connectivity index (χ2n) is 10.5. The third kappa shape index (κ3) is 7.33. The molecule has 0 bridgehead atoms. The normalized spacial score (nSPS) is 16.1. The fourth-order valence-electron chi connectivity index (χ4n) is 4.91. The van der Waals surface area contributed by atoms with Gasteiger partial charge in [0.15, 0.2) is 11.8 Å². The minimum Gasteiger partial charge on any atom is -0.450 e. The number of ether oxygens (including phenoxy) is 1. The third-order valence-corrected chi connectivity index (χ3v) is 7.43. The largest absolute Gasteiger partial charge is 0.450 e. The molecule has 0 fully saturated rings. The van der Waals surface area contributed by atoms with E-state index in [0.29, 0.717) is 21.2 Å². The Balaban J connectivity index is 1.60. The Labute approximate surface area is 261 Å². The SMILES string of the molecule is CC(=O)N(C)C(C1=CC[C@@H](c2cccc(Cl)c2)N1C(=O)[C@@H](C)NC(=O)c1ccc(Oc2cc(C)n[nH]c2=O)c(C)n1)C(F)(F)F. The van der Waals surface area contributed by atoms with Crippen molar-refractivity contribution in [2.24, 2.45) is 0 Å². The van der Waals surface area contributed by atoms with Crippen LogP contribution in [0.25, 0.3) is 0 Å². The number of nitrogens with zero attached hydrogens (tertiary/aromatic N) is 4. The first-order chi connectivity index (χ1) is 21.1. The maximum atomic E-state index is 14.4. The standard InChI is InChI=1S/C30H30ClF3N6O5/c1-15-13-25(28(43)38-37-15)45-24-12-9-21(35-16(24)2)27(42)36-17(3)29(44)40-22(19-7-6-8-20(31)14-19)10-11-23(40)26(30(32,33)34)39(5)18(4)41/h6-9,11-14,17,22,26H,10H2,1-5H3,(H,36,42)(H,38,43)/t17-,22+,26?/m1/s1. The Morgan fingerprint density at radius 2 is 1.87 bits per heavy atom. The number of amides is 3. The van der Waals surface area contributed by atoms with Gasteiger partial charge in [0.1, 0.15) is 17.5 Å². The Morgan fingerprint density at radius 3 is 2.49 bits per heavy atom. The van der Waals surface area contributed by atoms with Gasteiger partial charge in [-0.1, -0.05) is 29.8 Å². The van der Waals surface area contributed by atoms with Crippen molar-refractivity contribution in [1.82, 2.24) is 30.3 Å². The highest BCUT2D eigenvalue weighted by Gasteiger charge is 2.51. The molecule has 2 aromatic heterocycles. The molecule has 238 valence electrons. The van der Waals surface area contributed by atoms with Gasteiger partial charge in [-0.25, -0.2) is 10.1 Å². The quantitative estimate of drug-likeness (QED) is 0.365. The van der Waals surface area contributed by atoms with E-state index < -0.39 is 53.3 Å². The summed E-state index contributed by atoms with van der Waals surface area (Å²) in [5.41, 5.74) is 0.126. The van der Waals surface area contributed by atoms with Crippen molar-refractivity contribution in [2.75, 3.05) is 7.05 Å². The van der Waals surface area contributed by atoms with Crippen LogP contribution in [0.5, 0.6) is 11.5 Å². The number of likely N-dealkylation sites (N-methyl/N-ethyl adjacent to an activating group) is 1. The monoisotopic (exact) mass is 646 g/mol. The number of hydrogen-bond donors (Lipinski definition) is 2. The molecule has 3 amide bonds. The number of aryl methyl sites for hydroxylation is 2. The van der Waals surface area contributed by atoms with E-state index in [1.807, 2.05) is 0 Å². The van der Waals surface area contributed by atoms with Crippen molar-refractivity contribution < 1.29 is 32.3 Å². The van der Waals surface area contributed by atoms with Crippen LogP contribution in [0.1, 0.15) is 53.7 Å². The van der Waals surface area contributed by atoms with Crippen LogP contribution in [0.2, 0.25) is 5.02 Å². The highest BCUT2D eigenvalue weighted by molar-refractivity contribution is 6.30. The molecule has 0 aliphatic carbocycles. The van der Waals surface area contributed by atoms with Crippen LogP contribution < -0.4 is 15.6 Å². The van der Waals surface area contributed by atoms with Gasteiger partial charge in [0.25, 0.3) is 5.91 Å². The molecule has 3 aromatic rings. The summed E-state index contributed by atoms with van der Waals surface area (Å²) in [6.07, 6.45) is -3.62. The van der Waals surface area contributed by atoms with Gasteiger partial charge in [0, 0.05) is 30.8 Å². The molecule has 45 heavy (non-hydrogen) atoms.